The first-order valence-corrected chi connectivity index (χ1v) is 8.11. The van der Waals surface area contributed by atoms with Crippen LogP contribution in [0.25, 0.3) is 5.69 Å². The second kappa shape index (κ2) is 7.13. The fourth-order valence-electron chi connectivity index (χ4n) is 2.91. The Morgan fingerprint density at radius 3 is 2.79 bits per heavy atom. The summed E-state index contributed by atoms with van der Waals surface area (Å²) in [5.41, 5.74) is 7.33. The SMILES string of the molecule is CC1(C)CN(C(=O)c2ccn(-c3cccc(Cl)c3)n2)CCC1N.Cl. The lowest BCUT2D eigenvalue weighted by atomic mass is 9.79. The maximum atomic E-state index is 12.7. The molecule has 1 aliphatic rings. The van der Waals surface area contributed by atoms with Crippen LogP contribution in [-0.4, -0.2) is 39.7 Å². The van der Waals surface area contributed by atoms with E-state index in [1.54, 1.807) is 23.0 Å². The number of amides is 1. The van der Waals surface area contributed by atoms with Crippen molar-refractivity contribution in [1.29, 1.82) is 0 Å². The Balaban J connectivity index is 0.00000208. The van der Waals surface area contributed by atoms with E-state index in [1.165, 1.54) is 0 Å². The molecular weight excluding hydrogens is 347 g/mol. The summed E-state index contributed by atoms with van der Waals surface area (Å²) in [5, 5.41) is 5.04. The monoisotopic (exact) mass is 368 g/mol. The number of nitrogens with two attached hydrogens (primary N) is 1. The minimum absolute atomic E-state index is 0. The lowest BCUT2D eigenvalue weighted by molar-refractivity contribution is 0.0527. The molecule has 1 atom stereocenters. The number of benzene rings is 1. The summed E-state index contributed by atoms with van der Waals surface area (Å²) in [5.74, 6) is -0.0502. The molecule has 1 unspecified atom stereocenters. The predicted octanol–water partition coefficient (Wildman–Crippen LogP) is 3.15. The zero-order valence-corrected chi connectivity index (χ0v) is 15.3. The van der Waals surface area contributed by atoms with E-state index in [-0.39, 0.29) is 29.8 Å². The van der Waals surface area contributed by atoms with Gasteiger partial charge in [-0.3, -0.25) is 4.79 Å². The molecule has 0 aliphatic carbocycles. The first kappa shape index (κ1) is 18.8. The van der Waals surface area contributed by atoms with Gasteiger partial charge < -0.3 is 10.6 Å². The zero-order valence-electron chi connectivity index (χ0n) is 13.8. The normalized spacial score (nSPS) is 19.7. The highest BCUT2D eigenvalue weighted by Crippen LogP contribution is 2.28. The summed E-state index contributed by atoms with van der Waals surface area (Å²) in [6.45, 7) is 5.52. The molecular formula is C17H22Cl2N4O. The van der Waals surface area contributed by atoms with Crippen molar-refractivity contribution in [3.63, 3.8) is 0 Å². The number of rotatable bonds is 2. The van der Waals surface area contributed by atoms with Crippen molar-refractivity contribution in [2.75, 3.05) is 13.1 Å². The molecule has 24 heavy (non-hydrogen) atoms. The molecule has 2 heterocycles. The van der Waals surface area contributed by atoms with Gasteiger partial charge in [0.1, 0.15) is 0 Å². The van der Waals surface area contributed by atoms with Gasteiger partial charge in [-0.2, -0.15) is 5.10 Å². The Bertz CT molecular complexity index is 729. The van der Waals surface area contributed by atoms with Gasteiger partial charge in [-0.15, -0.1) is 12.4 Å². The maximum absolute atomic E-state index is 12.7. The van der Waals surface area contributed by atoms with Gasteiger partial charge >= 0.3 is 0 Å². The van der Waals surface area contributed by atoms with Crippen LogP contribution in [0.5, 0.6) is 0 Å². The number of carbonyl (C=O) groups excluding carboxylic acids is 1. The zero-order chi connectivity index (χ0) is 16.6. The van der Waals surface area contributed by atoms with E-state index >= 15 is 0 Å². The molecule has 3 rings (SSSR count). The molecule has 2 N–H and O–H groups in total. The summed E-state index contributed by atoms with van der Waals surface area (Å²) in [6.07, 6.45) is 2.59. The first-order valence-electron chi connectivity index (χ1n) is 7.73. The third kappa shape index (κ3) is 3.74. The van der Waals surface area contributed by atoms with Crippen molar-refractivity contribution in [2.24, 2.45) is 11.1 Å². The maximum Gasteiger partial charge on any atom is 0.274 e. The van der Waals surface area contributed by atoms with Crippen LogP contribution in [-0.2, 0) is 0 Å². The smallest absolute Gasteiger partial charge is 0.274 e. The highest BCUT2D eigenvalue weighted by molar-refractivity contribution is 6.30. The molecule has 7 heteroatoms. The van der Waals surface area contributed by atoms with Crippen LogP contribution in [0.2, 0.25) is 5.02 Å². The summed E-state index contributed by atoms with van der Waals surface area (Å²) in [6, 6.07) is 9.23. The summed E-state index contributed by atoms with van der Waals surface area (Å²) in [7, 11) is 0. The molecule has 1 saturated heterocycles. The Morgan fingerprint density at radius 1 is 1.38 bits per heavy atom. The number of halogens is 2. The Hall–Kier alpha value is -1.56. The van der Waals surface area contributed by atoms with E-state index in [0.29, 0.717) is 23.8 Å². The molecule has 1 aromatic carbocycles. The largest absolute Gasteiger partial charge is 0.337 e. The van der Waals surface area contributed by atoms with Crippen molar-refractivity contribution in [1.82, 2.24) is 14.7 Å². The van der Waals surface area contributed by atoms with Gasteiger partial charge in [0, 0.05) is 30.4 Å². The quantitative estimate of drug-likeness (QED) is 0.885. The van der Waals surface area contributed by atoms with Crippen LogP contribution in [0, 0.1) is 5.41 Å². The molecule has 0 saturated carbocycles. The summed E-state index contributed by atoms with van der Waals surface area (Å²) in [4.78, 5) is 14.5. The van der Waals surface area contributed by atoms with E-state index < -0.39 is 0 Å². The van der Waals surface area contributed by atoms with Gasteiger partial charge in [0.05, 0.1) is 5.69 Å². The van der Waals surface area contributed by atoms with Crippen molar-refractivity contribution < 1.29 is 4.79 Å². The number of piperidine rings is 1. The van der Waals surface area contributed by atoms with E-state index in [2.05, 4.69) is 18.9 Å². The number of likely N-dealkylation sites (tertiary alicyclic amines) is 1. The van der Waals surface area contributed by atoms with Crippen LogP contribution >= 0.6 is 24.0 Å². The standard InChI is InChI=1S/C17H21ClN4O.ClH/c1-17(2)11-21(8-7-15(17)19)16(23)14-6-9-22(20-14)13-5-3-4-12(18)10-13;/h3-6,9-10,15H,7-8,11,19H2,1-2H3;1H. The second-order valence-electron chi connectivity index (χ2n) is 6.74. The van der Waals surface area contributed by atoms with Crippen LogP contribution in [0.4, 0.5) is 0 Å². The van der Waals surface area contributed by atoms with Gasteiger partial charge in [0.2, 0.25) is 0 Å². The fraction of sp³-hybridized carbons (Fsp3) is 0.412. The van der Waals surface area contributed by atoms with Crippen molar-refractivity contribution in [3.05, 3.63) is 47.2 Å². The topological polar surface area (TPSA) is 64.2 Å². The summed E-state index contributed by atoms with van der Waals surface area (Å²) >= 11 is 6.00. The number of carbonyl (C=O) groups is 1. The third-order valence-corrected chi connectivity index (χ3v) is 4.72. The Morgan fingerprint density at radius 2 is 2.12 bits per heavy atom. The van der Waals surface area contributed by atoms with Gasteiger partial charge in [-0.25, -0.2) is 4.68 Å². The molecule has 1 aliphatic heterocycles. The highest BCUT2D eigenvalue weighted by atomic mass is 35.5. The number of hydrogen-bond acceptors (Lipinski definition) is 3. The second-order valence-corrected chi connectivity index (χ2v) is 7.17. The third-order valence-electron chi connectivity index (χ3n) is 4.48. The van der Waals surface area contributed by atoms with Gasteiger partial charge in [0.25, 0.3) is 5.91 Å². The average molecular weight is 369 g/mol. The predicted molar refractivity (Wildman–Crippen MR) is 98.1 cm³/mol. The van der Waals surface area contributed by atoms with E-state index in [9.17, 15) is 4.79 Å². The van der Waals surface area contributed by atoms with E-state index in [0.717, 1.165) is 12.1 Å². The minimum atomic E-state index is -0.0799. The molecule has 0 bridgehead atoms. The molecule has 130 valence electrons. The van der Waals surface area contributed by atoms with Crippen LogP contribution < -0.4 is 5.73 Å². The number of nitrogens with zero attached hydrogens (tertiary/aromatic N) is 3. The van der Waals surface area contributed by atoms with Crippen LogP contribution in [0.15, 0.2) is 36.5 Å². The van der Waals surface area contributed by atoms with Gasteiger partial charge in [-0.1, -0.05) is 31.5 Å². The average Bonchev–Trinajstić information content (AvgIpc) is 2.99. The lowest BCUT2D eigenvalue weighted by Gasteiger charge is -2.42. The van der Waals surface area contributed by atoms with Crippen molar-refractivity contribution in [3.8, 4) is 5.69 Å². The van der Waals surface area contributed by atoms with Gasteiger partial charge in [-0.05, 0) is 36.1 Å². The first-order chi connectivity index (χ1) is 10.9. The number of aromatic nitrogens is 2. The van der Waals surface area contributed by atoms with E-state index in [4.69, 9.17) is 17.3 Å². The molecule has 0 spiro atoms. The number of hydrogen-bond donors (Lipinski definition) is 1. The molecule has 0 radical (unpaired) electrons. The van der Waals surface area contributed by atoms with Crippen LogP contribution in [0.1, 0.15) is 30.8 Å². The molecule has 5 nitrogen and oxygen atoms in total. The lowest BCUT2D eigenvalue weighted by Crippen LogP contribution is -2.54. The summed E-state index contributed by atoms with van der Waals surface area (Å²) < 4.78 is 1.67. The molecule has 1 amide bonds. The Labute approximate surface area is 153 Å². The molecule has 2 aromatic rings. The highest BCUT2D eigenvalue weighted by Gasteiger charge is 2.36. The molecule has 1 aromatic heterocycles. The Kier molecular flexibility index (Phi) is 5.58. The van der Waals surface area contributed by atoms with Crippen molar-refractivity contribution in [2.45, 2.75) is 26.3 Å². The fourth-order valence-corrected chi connectivity index (χ4v) is 3.09. The van der Waals surface area contributed by atoms with E-state index in [1.807, 2.05) is 23.1 Å². The van der Waals surface area contributed by atoms with Crippen molar-refractivity contribution >= 4 is 29.9 Å². The van der Waals surface area contributed by atoms with Crippen LogP contribution in [0.3, 0.4) is 0 Å². The van der Waals surface area contributed by atoms with Gasteiger partial charge in [0.15, 0.2) is 5.69 Å². The minimum Gasteiger partial charge on any atom is -0.337 e. The molecule has 1 fully saturated rings.